The van der Waals surface area contributed by atoms with Crippen molar-refractivity contribution in [2.75, 3.05) is 19.5 Å². The molecule has 0 radical (unpaired) electrons. The molecule has 1 aromatic heterocycles. The van der Waals surface area contributed by atoms with E-state index in [1.54, 1.807) is 11.8 Å². The molecule has 1 atom stereocenters. The molecule has 0 aliphatic rings. The first-order valence-electron chi connectivity index (χ1n) is 9.35. The zero-order valence-electron chi connectivity index (χ0n) is 17.1. The van der Waals surface area contributed by atoms with Crippen molar-refractivity contribution < 1.29 is 14.6 Å². The zero-order valence-corrected chi connectivity index (χ0v) is 17.9. The Labute approximate surface area is 175 Å². The van der Waals surface area contributed by atoms with Crippen LogP contribution in [0.3, 0.4) is 0 Å². The Balaban J connectivity index is 1.62. The Hall–Kier alpha value is -2.58. The van der Waals surface area contributed by atoms with E-state index in [0.29, 0.717) is 16.7 Å². The second kappa shape index (κ2) is 9.28. The highest BCUT2D eigenvalue weighted by Gasteiger charge is 2.20. The van der Waals surface area contributed by atoms with Crippen LogP contribution in [0.2, 0.25) is 0 Å². The normalized spacial score (nSPS) is 12.6. The lowest BCUT2D eigenvalue weighted by Crippen LogP contribution is -2.22. The number of thioether (sulfide) groups is 1. The maximum Gasteiger partial charge on any atom is 0.214 e. The Morgan fingerprint density at radius 1 is 1.07 bits per heavy atom. The topological polar surface area (TPSA) is 82.3 Å². The van der Waals surface area contributed by atoms with Crippen molar-refractivity contribution in [1.29, 1.82) is 0 Å². The van der Waals surface area contributed by atoms with E-state index in [1.807, 2.05) is 42.5 Å². The Kier molecular flexibility index (Phi) is 6.76. The van der Waals surface area contributed by atoms with Gasteiger partial charge in [-0.25, -0.2) is 0 Å². The number of para-hydroxylation sites is 3. The number of benzene rings is 2. The lowest BCUT2D eigenvalue weighted by Gasteiger charge is -2.23. The molecule has 1 heterocycles. The van der Waals surface area contributed by atoms with Gasteiger partial charge in [-0.2, -0.15) is 4.68 Å². The highest BCUT2D eigenvalue weighted by molar-refractivity contribution is 7.99. The molecule has 0 bridgehead atoms. The maximum atomic E-state index is 10.4. The van der Waals surface area contributed by atoms with E-state index in [9.17, 15) is 5.11 Å². The van der Waals surface area contributed by atoms with E-state index in [-0.39, 0.29) is 12.0 Å². The van der Waals surface area contributed by atoms with Crippen molar-refractivity contribution in [1.82, 2.24) is 20.2 Å². The number of aromatic nitrogens is 4. The summed E-state index contributed by atoms with van der Waals surface area (Å²) >= 11 is 1.36. The largest absolute Gasteiger partial charge is 0.494 e. The average Bonchev–Trinajstić information content (AvgIpc) is 3.18. The number of aliphatic hydroxyl groups is 1. The first-order chi connectivity index (χ1) is 13.9. The molecule has 1 unspecified atom stereocenters. The molecule has 29 heavy (non-hydrogen) atoms. The number of tetrazole rings is 1. The van der Waals surface area contributed by atoms with Gasteiger partial charge in [-0.15, -0.1) is 5.10 Å². The molecule has 154 valence electrons. The Morgan fingerprint density at radius 3 is 2.48 bits per heavy atom. The van der Waals surface area contributed by atoms with E-state index in [4.69, 9.17) is 9.47 Å². The van der Waals surface area contributed by atoms with Gasteiger partial charge in [0.15, 0.2) is 0 Å². The average molecular weight is 415 g/mol. The second-order valence-electron chi connectivity index (χ2n) is 7.57. The molecule has 0 aliphatic carbocycles. The second-order valence-corrected chi connectivity index (χ2v) is 8.55. The Morgan fingerprint density at radius 2 is 1.76 bits per heavy atom. The summed E-state index contributed by atoms with van der Waals surface area (Å²) in [7, 11) is 1.60. The van der Waals surface area contributed by atoms with Crippen molar-refractivity contribution in [3.8, 4) is 17.2 Å². The minimum Gasteiger partial charge on any atom is -0.494 e. The van der Waals surface area contributed by atoms with Gasteiger partial charge in [0.25, 0.3) is 0 Å². The molecular formula is C21H26N4O3S. The summed E-state index contributed by atoms with van der Waals surface area (Å²) in [5.74, 6) is 1.86. The minimum atomic E-state index is -0.671. The molecule has 3 aromatic rings. The molecule has 8 heteroatoms. The van der Waals surface area contributed by atoms with Crippen molar-refractivity contribution in [3.05, 3.63) is 54.1 Å². The number of hydrogen-bond donors (Lipinski definition) is 1. The monoisotopic (exact) mass is 414 g/mol. The minimum absolute atomic E-state index is 0.0346. The van der Waals surface area contributed by atoms with E-state index in [1.165, 1.54) is 11.8 Å². The van der Waals surface area contributed by atoms with Crippen LogP contribution in [0.5, 0.6) is 11.5 Å². The molecular weight excluding hydrogens is 388 g/mol. The predicted molar refractivity (Wildman–Crippen MR) is 113 cm³/mol. The number of nitrogens with zero attached hydrogens (tertiary/aromatic N) is 4. The standard InChI is InChI=1S/C21H26N4O3S/c1-21(2,3)16-9-5-7-11-18(16)28-13-15(26)14-29-20-22-23-24-25(20)17-10-6-8-12-19(17)27-4/h5-12,15,26H,13-14H2,1-4H3. The summed E-state index contributed by atoms with van der Waals surface area (Å²) in [5.41, 5.74) is 1.82. The van der Waals surface area contributed by atoms with E-state index in [2.05, 4.69) is 42.4 Å². The number of methoxy groups -OCH3 is 1. The van der Waals surface area contributed by atoms with Crippen molar-refractivity contribution in [2.24, 2.45) is 0 Å². The van der Waals surface area contributed by atoms with Crippen LogP contribution in [-0.2, 0) is 5.41 Å². The molecule has 0 saturated heterocycles. The summed E-state index contributed by atoms with van der Waals surface area (Å²) in [6.45, 7) is 6.60. The van der Waals surface area contributed by atoms with Gasteiger partial charge in [0.2, 0.25) is 5.16 Å². The summed E-state index contributed by atoms with van der Waals surface area (Å²) in [6.07, 6.45) is -0.671. The number of ether oxygens (including phenoxy) is 2. The fourth-order valence-electron chi connectivity index (χ4n) is 2.84. The highest BCUT2D eigenvalue weighted by Crippen LogP contribution is 2.31. The quantitative estimate of drug-likeness (QED) is 0.565. The van der Waals surface area contributed by atoms with Crippen LogP contribution in [-0.4, -0.2) is 50.9 Å². The third-order valence-corrected chi connectivity index (χ3v) is 5.35. The van der Waals surface area contributed by atoms with Crippen molar-refractivity contribution in [2.45, 2.75) is 37.4 Å². The summed E-state index contributed by atoms with van der Waals surface area (Å²) < 4.78 is 12.9. The summed E-state index contributed by atoms with van der Waals surface area (Å²) in [5, 5.41) is 22.9. The van der Waals surface area contributed by atoms with Crippen LogP contribution in [0, 0.1) is 0 Å². The van der Waals surface area contributed by atoms with Crippen molar-refractivity contribution in [3.63, 3.8) is 0 Å². The van der Waals surface area contributed by atoms with Crippen molar-refractivity contribution >= 4 is 11.8 Å². The molecule has 7 nitrogen and oxygen atoms in total. The molecule has 1 N–H and O–H groups in total. The smallest absolute Gasteiger partial charge is 0.214 e. The molecule has 0 aliphatic heterocycles. The first-order valence-corrected chi connectivity index (χ1v) is 10.3. The maximum absolute atomic E-state index is 10.4. The Bertz CT molecular complexity index is 939. The van der Waals surface area contributed by atoms with Crippen LogP contribution >= 0.6 is 11.8 Å². The van der Waals surface area contributed by atoms with Gasteiger partial charge in [-0.05, 0) is 39.6 Å². The number of aliphatic hydroxyl groups excluding tert-OH is 1. The lowest BCUT2D eigenvalue weighted by molar-refractivity contribution is 0.125. The first kappa shape index (κ1) is 21.1. The fraction of sp³-hybridized carbons (Fsp3) is 0.381. The fourth-order valence-corrected chi connectivity index (χ4v) is 3.63. The summed E-state index contributed by atoms with van der Waals surface area (Å²) in [6, 6.07) is 15.4. The molecule has 0 amide bonds. The van der Waals surface area contributed by atoms with Crippen LogP contribution in [0.1, 0.15) is 26.3 Å². The molecule has 0 spiro atoms. The van der Waals surface area contributed by atoms with Gasteiger partial charge in [0.05, 0.1) is 13.2 Å². The predicted octanol–water partition coefficient (Wildman–Crippen LogP) is 3.50. The highest BCUT2D eigenvalue weighted by atomic mass is 32.2. The van der Waals surface area contributed by atoms with E-state index < -0.39 is 6.10 Å². The third kappa shape index (κ3) is 5.27. The SMILES string of the molecule is COc1ccccc1-n1nnnc1SCC(O)COc1ccccc1C(C)(C)C. The van der Waals surface area contributed by atoms with Gasteiger partial charge in [0.1, 0.15) is 23.8 Å². The molecule has 0 saturated carbocycles. The zero-order chi connectivity index (χ0) is 20.9. The number of rotatable bonds is 8. The van der Waals surface area contributed by atoms with Gasteiger partial charge >= 0.3 is 0 Å². The van der Waals surface area contributed by atoms with Crippen LogP contribution < -0.4 is 9.47 Å². The van der Waals surface area contributed by atoms with E-state index in [0.717, 1.165) is 17.0 Å². The van der Waals surface area contributed by atoms with Crippen LogP contribution in [0.4, 0.5) is 0 Å². The van der Waals surface area contributed by atoms with Gasteiger partial charge in [-0.3, -0.25) is 0 Å². The lowest BCUT2D eigenvalue weighted by atomic mass is 9.86. The molecule has 3 rings (SSSR count). The molecule has 2 aromatic carbocycles. The third-order valence-electron chi connectivity index (χ3n) is 4.29. The van der Waals surface area contributed by atoms with Gasteiger partial charge < -0.3 is 14.6 Å². The van der Waals surface area contributed by atoms with Gasteiger partial charge in [-0.1, -0.05) is 62.9 Å². The number of hydrogen-bond acceptors (Lipinski definition) is 7. The van der Waals surface area contributed by atoms with Crippen LogP contribution in [0.25, 0.3) is 5.69 Å². The van der Waals surface area contributed by atoms with Crippen LogP contribution in [0.15, 0.2) is 53.7 Å². The van der Waals surface area contributed by atoms with Gasteiger partial charge in [0, 0.05) is 5.75 Å². The summed E-state index contributed by atoms with van der Waals surface area (Å²) in [4.78, 5) is 0. The van der Waals surface area contributed by atoms with E-state index >= 15 is 0 Å². The molecule has 0 fully saturated rings.